The highest BCUT2D eigenvalue weighted by atomic mass is 32.1. The topological polar surface area (TPSA) is 46.5 Å². The fourth-order valence-corrected chi connectivity index (χ4v) is 2.45. The Morgan fingerprint density at radius 3 is 3.05 bits per heavy atom. The van der Waals surface area contributed by atoms with Gasteiger partial charge in [-0.15, -0.1) is 0 Å². The quantitative estimate of drug-likeness (QED) is 0.742. The van der Waals surface area contributed by atoms with Crippen LogP contribution in [0.25, 0.3) is 16.6 Å². The van der Waals surface area contributed by atoms with E-state index in [1.165, 1.54) is 0 Å². The van der Waals surface area contributed by atoms with Crippen LogP contribution in [0.15, 0.2) is 36.5 Å². The molecule has 2 aromatic heterocycles. The van der Waals surface area contributed by atoms with E-state index in [2.05, 4.69) is 34.2 Å². The summed E-state index contributed by atoms with van der Waals surface area (Å²) in [6.45, 7) is 2.13. The molecule has 5 heteroatoms. The van der Waals surface area contributed by atoms with Gasteiger partial charge >= 0.3 is 0 Å². The van der Waals surface area contributed by atoms with E-state index in [-0.39, 0.29) is 0 Å². The van der Waals surface area contributed by atoms with Crippen molar-refractivity contribution in [1.29, 1.82) is 0 Å². The standard InChI is InChI=1S/C14H14N4S/c1-2-4-13-16-17-14(19)18(13)11-6-7-12-10(9-11)5-3-8-15-12/h3,5-9H,2,4H2,1H3,(H,17,19). The predicted molar refractivity (Wildman–Crippen MR) is 78.0 cm³/mol. The first-order valence-electron chi connectivity index (χ1n) is 6.31. The highest BCUT2D eigenvalue weighted by Crippen LogP contribution is 2.18. The molecule has 0 fully saturated rings. The Morgan fingerprint density at radius 1 is 1.32 bits per heavy atom. The summed E-state index contributed by atoms with van der Waals surface area (Å²) in [5.74, 6) is 0.968. The number of pyridine rings is 1. The lowest BCUT2D eigenvalue weighted by atomic mass is 10.2. The molecule has 1 N–H and O–H groups in total. The third-order valence-corrected chi connectivity index (χ3v) is 3.33. The minimum Gasteiger partial charge on any atom is -0.272 e. The Labute approximate surface area is 116 Å². The van der Waals surface area contributed by atoms with Gasteiger partial charge in [0.2, 0.25) is 0 Å². The fourth-order valence-electron chi connectivity index (χ4n) is 2.19. The maximum absolute atomic E-state index is 5.32. The van der Waals surface area contributed by atoms with Crippen molar-refractivity contribution in [1.82, 2.24) is 19.7 Å². The molecule has 0 atom stereocenters. The summed E-state index contributed by atoms with van der Waals surface area (Å²) in [5, 5.41) is 8.26. The molecule has 19 heavy (non-hydrogen) atoms. The number of benzene rings is 1. The summed E-state index contributed by atoms with van der Waals surface area (Å²) in [4.78, 5) is 4.33. The number of H-pyrrole nitrogens is 1. The van der Waals surface area contributed by atoms with E-state index < -0.39 is 0 Å². The summed E-state index contributed by atoms with van der Waals surface area (Å²) in [6, 6.07) is 10.1. The molecule has 0 saturated carbocycles. The van der Waals surface area contributed by atoms with Gasteiger partial charge in [-0.3, -0.25) is 14.6 Å². The number of hydrogen-bond donors (Lipinski definition) is 1. The van der Waals surface area contributed by atoms with Crippen molar-refractivity contribution in [2.24, 2.45) is 0 Å². The first kappa shape index (κ1) is 12.0. The van der Waals surface area contributed by atoms with Gasteiger partial charge in [0.1, 0.15) is 5.82 Å². The molecular weight excluding hydrogens is 256 g/mol. The molecule has 0 aliphatic rings. The van der Waals surface area contributed by atoms with Crippen molar-refractivity contribution in [2.75, 3.05) is 0 Å². The lowest BCUT2D eigenvalue weighted by Crippen LogP contribution is -2.01. The average molecular weight is 270 g/mol. The average Bonchev–Trinajstić information content (AvgIpc) is 2.80. The molecule has 0 saturated heterocycles. The van der Waals surface area contributed by atoms with Crippen LogP contribution in [0.4, 0.5) is 0 Å². The third-order valence-electron chi connectivity index (χ3n) is 3.06. The molecule has 96 valence electrons. The van der Waals surface area contributed by atoms with Gasteiger partial charge in [-0.2, -0.15) is 5.10 Å². The van der Waals surface area contributed by atoms with Gasteiger partial charge in [-0.25, -0.2) is 0 Å². The number of rotatable bonds is 3. The number of aromatic amines is 1. The van der Waals surface area contributed by atoms with Crippen molar-refractivity contribution in [3.8, 4) is 5.69 Å². The highest BCUT2D eigenvalue weighted by molar-refractivity contribution is 7.71. The third kappa shape index (κ3) is 2.17. The minimum atomic E-state index is 0.631. The second-order valence-corrected chi connectivity index (χ2v) is 4.80. The van der Waals surface area contributed by atoms with Crippen LogP contribution >= 0.6 is 12.2 Å². The van der Waals surface area contributed by atoms with Crippen LogP contribution < -0.4 is 0 Å². The smallest absolute Gasteiger partial charge is 0.199 e. The molecule has 0 spiro atoms. The summed E-state index contributed by atoms with van der Waals surface area (Å²) in [5.41, 5.74) is 2.01. The van der Waals surface area contributed by atoms with Crippen molar-refractivity contribution >= 4 is 23.1 Å². The van der Waals surface area contributed by atoms with E-state index in [9.17, 15) is 0 Å². The highest BCUT2D eigenvalue weighted by Gasteiger charge is 2.08. The van der Waals surface area contributed by atoms with E-state index in [0.717, 1.165) is 35.3 Å². The Hall–Kier alpha value is -2.01. The Balaban J connectivity index is 2.18. The van der Waals surface area contributed by atoms with Gasteiger partial charge in [0, 0.05) is 18.0 Å². The lowest BCUT2D eigenvalue weighted by Gasteiger charge is -2.07. The molecule has 0 amide bonds. The largest absolute Gasteiger partial charge is 0.272 e. The molecular formula is C14H14N4S. The second kappa shape index (κ2) is 4.93. The van der Waals surface area contributed by atoms with Crippen LogP contribution in [-0.4, -0.2) is 19.7 Å². The van der Waals surface area contributed by atoms with Crippen LogP contribution in [0.3, 0.4) is 0 Å². The maximum atomic E-state index is 5.32. The van der Waals surface area contributed by atoms with Crippen LogP contribution in [0.2, 0.25) is 0 Å². The van der Waals surface area contributed by atoms with Crippen LogP contribution in [0.5, 0.6) is 0 Å². The van der Waals surface area contributed by atoms with Crippen molar-refractivity contribution in [2.45, 2.75) is 19.8 Å². The van der Waals surface area contributed by atoms with E-state index in [4.69, 9.17) is 12.2 Å². The lowest BCUT2D eigenvalue weighted by molar-refractivity contribution is 0.801. The number of hydrogen-bond acceptors (Lipinski definition) is 3. The fraction of sp³-hybridized carbons (Fsp3) is 0.214. The maximum Gasteiger partial charge on any atom is 0.199 e. The Kier molecular flexibility index (Phi) is 3.13. The molecule has 4 nitrogen and oxygen atoms in total. The van der Waals surface area contributed by atoms with Crippen molar-refractivity contribution < 1.29 is 0 Å². The van der Waals surface area contributed by atoms with E-state index in [0.29, 0.717) is 4.77 Å². The molecule has 3 aromatic rings. The number of nitrogens with zero attached hydrogens (tertiary/aromatic N) is 3. The van der Waals surface area contributed by atoms with E-state index in [1.807, 2.05) is 22.8 Å². The molecule has 3 rings (SSSR count). The summed E-state index contributed by atoms with van der Waals surface area (Å²) >= 11 is 5.32. The summed E-state index contributed by atoms with van der Waals surface area (Å²) < 4.78 is 2.62. The first-order valence-corrected chi connectivity index (χ1v) is 6.72. The molecule has 2 heterocycles. The normalized spacial score (nSPS) is 11.0. The summed E-state index contributed by atoms with van der Waals surface area (Å²) in [6.07, 6.45) is 3.74. The number of aryl methyl sites for hydroxylation is 1. The number of nitrogens with one attached hydrogen (secondary N) is 1. The number of fused-ring (bicyclic) bond motifs is 1. The van der Waals surface area contributed by atoms with E-state index in [1.54, 1.807) is 6.20 Å². The van der Waals surface area contributed by atoms with Crippen molar-refractivity contribution in [3.05, 3.63) is 47.1 Å². The Morgan fingerprint density at radius 2 is 2.21 bits per heavy atom. The van der Waals surface area contributed by atoms with Gasteiger partial charge in [-0.1, -0.05) is 13.0 Å². The SMILES string of the molecule is CCCc1n[nH]c(=S)n1-c1ccc2ncccc2c1. The molecule has 0 bridgehead atoms. The van der Waals surface area contributed by atoms with E-state index >= 15 is 0 Å². The van der Waals surface area contributed by atoms with Gasteiger partial charge in [0.25, 0.3) is 0 Å². The van der Waals surface area contributed by atoms with Crippen LogP contribution in [0.1, 0.15) is 19.2 Å². The van der Waals surface area contributed by atoms with Gasteiger partial charge < -0.3 is 0 Å². The summed E-state index contributed by atoms with van der Waals surface area (Å²) in [7, 11) is 0. The predicted octanol–water partition coefficient (Wildman–Crippen LogP) is 3.43. The zero-order valence-electron chi connectivity index (χ0n) is 10.6. The zero-order chi connectivity index (χ0) is 13.2. The van der Waals surface area contributed by atoms with Gasteiger partial charge in [0.15, 0.2) is 4.77 Å². The molecule has 0 unspecified atom stereocenters. The second-order valence-electron chi connectivity index (χ2n) is 4.41. The number of aromatic nitrogens is 4. The van der Waals surface area contributed by atoms with Gasteiger partial charge in [-0.05, 0) is 42.9 Å². The monoisotopic (exact) mass is 270 g/mol. The minimum absolute atomic E-state index is 0.631. The van der Waals surface area contributed by atoms with Crippen LogP contribution in [0, 0.1) is 4.77 Å². The van der Waals surface area contributed by atoms with Gasteiger partial charge in [0.05, 0.1) is 11.2 Å². The molecule has 0 radical (unpaired) electrons. The molecule has 1 aromatic carbocycles. The molecule has 0 aliphatic heterocycles. The van der Waals surface area contributed by atoms with Crippen molar-refractivity contribution in [3.63, 3.8) is 0 Å². The Bertz CT molecular complexity index is 772. The zero-order valence-corrected chi connectivity index (χ0v) is 11.4. The van der Waals surface area contributed by atoms with Crippen LogP contribution in [-0.2, 0) is 6.42 Å². The first-order chi connectivity index (χ1) is 9.29. The molecule has 0 aliphatic carbocycles.